The van der Waals surface area contributed by atoms with E-state index >= 15 is 0 Å². The summed E-state index contributed by atoms with van der Waals surface area (Å²) in [7, 11) is 0. The van der Waals surface area contributed by atoms with Gasteiger partial charge in [0.25, 0.3) is 0 Å². The highest BCUT2D eigenvalue weighted by Gasteiger charge is 2.45. The van der Waals surface area contributed by atoms with Crippen molar-refractivity contribution < 1.29 is 9.59 Å². The van der Waals surface area contributed by atoms with Crippen LogP contribution in [0.4, 0.5) is 0 Å². The molecule has 1 fully saturated rings. The number of nitrogens with zero attached hydrogens (tertiary/aromatic N) is 1. The van der Waals surface area contributed by atoms with Crippen LogP contribution in [-0.2, 0) is 22.4 Å². The first kappa shape index (κ1) is 15.7. The molecule has 1 saturated carbocycles. The predicted molar refractivity (Wildman–Crippen MR) is 81.1 cm³/mol. The van der Waals surface area contributed by atoms with Crippen LogP contribution >= 0.6 is 11.6 Å². The number of carbonyl (C=O) groups excluding carboxylic acids is 2. The number of unbranched alkanes of at least 4 members (excludes halogenated alkanes) is 1. The molecule has 4 heteroatoms. The van der Waals surface area contributed by atoms with E-state index in [4.69, 9.17) is 16.9 Å². The average Bonchev–Trinajstić information content (AvgIpc) is 2.47. The highest BCUT2D eigenvalue weighted by Crippen LogP contribution is 2.32. The van der Waals surface area contributed by atoms with Crippen LogP contribution in [0.2, 0.25) is 0 Å². The second-order valence-corrected chi connectivity index (χ2v) is 6.10. The van der Waals surface area contributed by atoms with Crippen LogP contribution in [0.25, 0.3) is 0 Å². The molecule has 110 valence electrons. The summed E-state index contributed by atoms with van der Waals surface area (Å²) in [5.41, 5.74) is 2.01. The minimum Gasteiger partial charge on any atom is -0.297 e. The lowest BCUT2D eigenvalue weighted by molar-refractivity contribution is -0.133. The number of Topliss-reactive ketones (excluding diaryl/α,β-unsaturated/α-hetero) is 2. The third-order valence-corrected chi connectivity index (χ3v) is 4.53. The fourth-order valence-electron chi connectivity index (χ4n) is 2.75. The molecule has 1 aliphatic carbocycles. The highest BCUT2D eigenvalue weighted by atomic mass is 35.5. The Morgan fingerprint density at radius 3 is 2.38 bits per heavy atom. The molecule has 0 unspecified atom stereocenters. The fraction of sp³-hybridized carbons (Fsp3) is 0.471. The lowest BCUT2D eigenvalue weighted by atomic mass is 9.80. The topological polar surface area (TPSA) is 57.9 Å². The Hall–Kier alpha value is -1.66. The van der Waals surface area contributed by atoms with Gasteiger partial charge in [0.05, 0.1) is 6.07 Å². The Morgan fingerprint density at radius 1 is 1.14 bits per heavy atom. The molecule has 0 atom stereocenters. The number of alkyl halides is 1. The summed E-state index contributed by atoms with van der Waals surface area (Å²) >= 11 is 6.39. The van der Waals surface area contributed by atoms with E-state index in [9.17, 15) is 9.59 Å². The first-order chi connectivity index (χ1) is 10.1. The summed E-state index contributed by atoms with van der Waals surface area (Å²) in [5.74, 6) is -0.320. The van der Waals surface area contributed by atoms with E-state index in [0.717, 1.165) is 24.0 Å². The summed E-state index contributed by atoms with van der Waals surface area (Å²) in [6.07, 6.45) is 3.66. The van der Waals surface area contributed by atoms with Gasteiger partial charge >= 0.3 is 0 Å². The van der Waals surface area contributed by atoms with E-state index < -0.39 is 4.87 Å². The molecule has 0 radical (unpaired) electrons. The van der Waals surface area contributed by atoms with Gasteiger partial charge in [0.1, 0.15) is 0 Å². The van der Waals surface area contributed by atoms with Gasteiger partial charge in [-0.25, -0.2) is 0 Å². The molecule has 1 aliphatic rings. The molecule has 2 rings (SSSR count). The van der Waals surface area contributed by atoms with Gasteiger partial charge in [0, 0.05) is 25.7 Å². The highest BCUT2D eigenvalue weighted by molar-refractivity contribution is 6.47. The van der Waals surface area contributed by atoms with Gasteiger partial charge in [-0.2, -0.15) is 5.26 Å². The summed E-state index contributed by atoms with van der Waals surface area (Å²) in [5, 5.41) is 8.62. The van der Waals surface area contributed by atoms with Crippen molar-refractivity contribution in [3.63, 3.8) is 0 Å². The quantitative estimate of drug-likeness (QED) is 0.476. The molecule has 21 heavy (non-hydrogen) atoms. The van der Waals surface area contributed by atoms with Gasteiger partial charge in [-0.1, -0.05) is 24.3 Å². The molecule has 0 N–H and O–H groups in total. The number of ketones is 2. The number of hydrogen-bond acceptors (Lipinski definition) is 3. The Morgan fingerprint density at radius 2 is 1.76 bits per heavy atom. The van der Waals surface area contributed by atoms with Crippen LogP contribution in [-0.4, -0.2) is 16.4 Å². The normalized spacial score (nSPS) is 17.5. The molecule has 1 aromatic rings. The van der Waals surface area contributed by atoms with Crippen LogP contribution in [0, 0.1) is 11.3 Å². The number of carbonyl (C=O) groups is 2. The Labute approximate surface area is 129 Å². The molecule has 0 aliphatic heterocycles. The first-order valence-electron chi connectivity index (χ1n) is 7.27. The molecule has 3 nitrogen and oxygen atoms in total. The maximum absolute atomic E-state index is 12.1. The summed E-state index contributed by atoms with van der Waals surface area (Å²) in [6, 6.07) is 9.84. The zero-order chi connectivity index (χ0) is 15.3. The van der Waals surface area contributed by atoms with Crippen LogP contribution in [0.5, 0.6) is 0 Å². The molecule has 1 aromatic carbocycles. The van der Waals surface area contributed by atoms with Crippen molar-refractivity contribution in [3.05, 3.63) is 35.4 Å². The van der Waals surface area contributed by atoms with Gasteiger partial charge in [-0.15, -0.1) is 11.6 Å². The molecule has 0 heterocycles. The number of rotatable bonds is 5. The van der Waals surface area contributed by atoms with Crippen molar-refractivity contribution in [2.75, 3.05) is 0 Å². The van der Waals surface area contributed by atoms with Crippen LogP contribution in [0.1, 0.15) is 43.2 Å². The van der Waals surface area contributed by atoms with Crippen molar-refractivity contribution in [1.82, 2.24) is 0 Å². The maximum Gasteiger partial charge on any atom is 0.164 e. The van der Waals surface area contributed by atoms with E-state index in [1.807, 2.05) is 24.3 Å². The Kier molecular flexibility index (Phi) is 5.14. The second-order valence-electron chi connectivity index (χ2n) is 5.46. The third kappa shape index (κ3) is 3.51. The van der Waals surface area contributed by atoms with E-state index in [2.05, 4.69) is 6.07 Å². The first-order valence-corrected chi connectivity index (χ1v) is 7.65. The van der Waals surface area contributed by atoms with Crippen molar-refractivity contribution in [3.8, 4) is 6.07 Å². The van der Waals surface area contributed by atoms with E-state index in [0.29, 0.717) is 25.7 Å². The smallest absolute Gasteiger partial charge is 0.164 e. The zero-order valence-electron chi connectivity index (χ0n) is 11.9. The molecule has 0 spiro atoms. The third-order valence-electron chi connectivity index (χ3n) is 3.98. The number of hydrogen-bond donors (Lipinski definition) is 0. The lowest BCUT2D eigenvalue weighted by Gasteiger charge is -2.29. The predicted octanol–water partition coefficient (Wildman–Crippen LogP) is 3.38. The van der Waals surface area contributed by atoms with Crippen LogP contribution < -0.4 is 0 Å². The van der Waals surface area contributed by atoms with Crippen molar-refractivity contribution in [2.24, 2.45) is 0 Å². The van der Waals surface area contributed by atoms with Crippen molar-refractivity contribution >= 4 is 23.2 Å². The van der Waals surface area contributed by atoms with Gasteiger partial charge in [-0.05, 0) is 30.4 Å². The molecule has 0 saturated heterocycles. The SMILES string of the molecule is N#CCCCc1ccccc1CC1(Cl)C(=O)CCCC1=O. The Balaban J connectivity index is 2.20. The largest absolute Gasteiger partial charge is 0.297 e. The Bertz CT molecular complexity index is 573. The van der Waals surface area contributed by atoms with Gasteiger partial charge in [0.2, 0.25) is 0 Å². The molecular formula is C17H18ClNO2. The number of benzene rings is 1. The second kappa shape index (κ2) is 6.87. The minimum atomic E-state index is -1.39. The molecular weight excluding hydrogens is 286 g/mol. The van der Waals surface area contributed by atoms with E-state index in [1.165, 1.54) is 0 Å². The summed E-state index contributed by atoms with van der Waals surface area (Å²) < 4.78 is 0. The average molecular weight is 304 g/mol. The molecule has 0 amide bonds. The van der Waals surface area contributed by atoms with Crippen molar-refractivity contribution in [2.45, 2.75) is 49.8 Å². The number of nitriles is 1. The lowest BCUT2D eigenvalue weighted by Crippen LogP contribution is -2.46. The zero-order valence-corrected chi connectivity index (χ0v) is 12.7. The number of halogens is 1. The van der Waals surface area contributed by atoms with E-state index in [-0.39, 0.29) is 18.0 Å². The van der Waals surface area contributed by atoms with Gasteiger partial charge in [-0.3, -0.25) is 9.59 Å². The summed E-state index contributed by atoms with van der Waals surface area (Å²) in [6.45, 7) is 0. The van der Waals surface area contributed by atoms with Gasteiger partial charge in [0.15, 0.2) is 16.4 Å². The van der Waals surface area contributed by atoms with E-state index in [1.54, 1.807) is 0 Å². The summed E-state index contributed by atoms with van der Waals surface area (Å²) in [4.78, 5) is 22.8. The standard InChI is InChI=1S/C17H18ClNO2/c18-17(15(20)9-5-10-16(17)21)12-14-8-2-1-6-13(14)7-3-4-11-19/h1-2,6,8H,3-5,7,9-10,12H2. The maximum atomic E-state index is 12.1. The molecule has 0 bridgehead atoms. The monoisotopic (exact) mass is 303 g/mol. The van der Waals surface area contributed by atoms with Crippen LogP contribution in [0.15, 0.2) is 24.3 Å². The van der Waals surface area contributed by atoms with Gasteiger partial charge < -0.3 is 0 Å². The minimum absolute atomic E-state index is 0.160. The number of aryl methyl sites for hydroxylation is 1. The molecule has 0 aromatic heterocycles. The van der Waals surface area contributed by atoms with Crippen LogP contribution in [0.3, 0.4) is 0 Å². The van der Waals surface area contributed by atoms with Crippen molar-refractivity contribution in [1.29, 1.82) is 5.26 Å². The fourth-order valence-corrected chi connectivity index (χ4v) is 3.09.